The summed E-state index contributed by atoms with van der Waals surface area (Å²) < 4.78 is 35.4. The molecule has 0 radical (unpaired) electrons. The first-order valence-corrected chi connectivity index (χ1v) is 4.82. The van der Waals surface area contributed by atoms with Gasteiger partial charge in [-0.2, -0.15) is 13.2 Å². The fourth-order valence-electron chi connectivity index (χ4n) is 0.994. The lowest BCUT2D eigenvalue weighted by atomic mass is 10.3. The Bertz CT molecular complexity index is 422. The van der Waals surface area contributed by atoms with Crippen LogP contribution in [0.4, 0.5) is 29.3 Å². The number of nitrogen functional groups attached to an aromatic ring is 1. The van der Waals surface area contributed by atoms with Crippen molar-refractivity contribution >= 4 is 29.0 Å². The lowest BCUT2D eigenvalue weighted by molar-refractivity contribution is -0.122. The molecule has 4 N–H and O–H groups in total. The molecule has 1 aromatic rings. The van der Waals surface area contributed by atoms with E-state index in [-0.39, 0.29) is 11.4 Å². The second kappa shape index (κ2) is 5.13. The molecule has 8 heteroatoms. The van der Waals surface area contributed by atoms with Crippen LogP contribution in [0.25, 0.3) is 0 Å². The number of amides is 2. The minimum Gasteiger partial charge on any atom is -0.397 e. The number of hydrogen-bond donors (Lipinski definition) is 3. The number of carbonyl (C=O) groups excluding carboxylic acids is 1. The van der Waals surface area contributed by atoms with Crippen molar-refractivity contribution in [3.05, 3.63) is 23.2 Å². The van der Waals surface area contributed by atoms with Crippen LogP contribution in [0, 0.1) is 0 Å². The van der Waals surface area contributed by atoms with Gasteiger partial charge in [-0.25, -0.2) is 4.79 Å². The summed E-state index contributed by atoms with van der Waals surface area (Å²) in [5, 5.41) is 4.19. The Morgan fingerprint density at radius 3 is 2.59 bits per heavy atom. The minimum atomic E-state index is -4.46. The van der Waals surface area contributed by atoms with Gasteiger partial charge in [0.25, 0.3) is 0 Å². The molecule has 4 nitrogen and oxygen atoms in total. The van der Waals surface area contributed by atoms with Crippen molar-refractivity contribution in [3.8, 4) is 0 Å². The van der Waals surface area contributed by atoms with Gasteiger partial charge in [-0.3, -0.25) is 0 Å². The van der Waals surface area contributed by atoms with E-state index in [9.17, 15) is 18.0 Å². The molecule has 0 atom stereocenters. The fourth-order valence-corrected chi connectivity index (χ4v) is 1.17. The van der Waals surface area contributed by atoms with Crippen molar-refractivity contribution in [1.82, 2.24) is 5.32 Å². The van der Waals surface area contributed by atoms with Crippen LogP contribution in [0.5, 0.6) is 0 Å². The first kappa shape index (κ1) is 13.4. The van der Waals surface area contributed by atoms with Gasteiger partial charge in [-0.1, -0.05) is 11.6 Å². The number of rotatable bonds is 2. The van der Waals surface area contributed by atoms with E-state index in [1.807, 2.05) is 0 Å². The van der Waals surface area contributed by atoms with Crippen molar-refractivity contribution in [2.24, 2.45) is 0 Å². The third-order valence-electron chi connectivity index (χ3n) is 1.71. The summed E-state index contributed by atoms with van der Waals surface area (Å²) in [6, 6.07) is 3.24. The molecule has 0 aliphatic carbocycles. The van der Waals surface area contributed by atoms with Crippen LogP contribution in [-0.2, 0) is 0 Å². The Labute approximate surface area is 99.9 Å². The van der Waals surface area contributed by atoms with E-state index >= 15 is 0 Å². The summed E-state index contributed by atoms with van der Waals surface area (Å²) in [6.45, 7) is -1.41. The summed E-state index contributed by atoms with van der Waals surface area (Å²) in [4.78, 5) is 11.1. The van der Waals surface area contributed by atoms with Crippen LogP contribution in [0.1, 0.15) is 0 Å². The highest BCUT2D eigenvalue weighted by Gasteiger charge is 2.27. The van der Waals surface area contributed by atoms with E-state index in [1.54, 1.807) is 5.32 Å². The Morgan fingerprint density at radius 2 is 2.06 bits per heavy atom. The zero-order valence-electron chi connectivity index (χ0n) is 8.44. The number of anilines is 2. The Balaban J connectivity index is 2.57. The second-order valence-corrected chi connectivity index (χ2v) is 3.59. The van der Waals surface area contributed by atoms with Crippen LogP contribution in [0.15, 0.2) is 18.2 Å². The van der Waals surface area contributed by atoms with Gasteiger partial charge in [0.15, 0.2) is 0 Å². The quantitative estimate of drug-likeness (QED) is 0.721. The van der Waals surface area contributed by atoms with Crippen LogP contribution < -0.4 is 16.4 Å². The molecule has 17 heavy (non-hydrogen) atoms. The summed E-state index contributed by atoms with van der Waals surface area (Å²) in [7, 11) is 0. The maximum atomic E-state index is 11.8. The molecule has 1 aromatic carbocycles. The molecule has 1 rings (SSSR count). The highest BCUT2D eigenvalue weighted by atomic mass is 35.5. The largest absolute Gasteiger partial charge is 0.405 e. The first-order chi connectivity index (χ1) is 7.78. The fraction of sp³-hybridized carbons (Fsp3) is 0.222. The first-order valence-electron chi connectivity index (χ1n) is 4.44. The predicted molar refractivity (Wildman–Crippen MR) is 58.9 cm³/mol. The predicted octanol–water partition coefficient (Wildman–Crippen LogP) is 2.61. The van der Waals surface area contributed by atoms with Gasteiger partial charge >= 0.3 is 12.2 Å². The number of carbonyl (C=O) groups is 1. The number of nitrogens with one attached hydrogen (secondary N) is 2. The summed E-state index contributed by atoms with van der Waals surface area (Å²) in [6.07, 6.45) is -4.46. The molecule has 94 valence electrons. The topological polar surface area (TPSA) is 67.1 Å². The standard InChI is InChI=1S/C9H9ClF3N3O/c10-5-1-2-7(6(14)3-5)16-8(17)15-4-9(11,12)13/h1-3H,4,14H2,(H2,15,16,17). The third-order valence-corrected chi connectivity index (χ3v) is 1.95. The molecular weight excluding hydrogens is 259 g/mol. The smallest absolute Gasteiger partial charge is 0.397 e. The van der Waals surface area contributed by atoms with Crippen LogP contribution in [0.2, 0.25) is 5.02 Å². The van der Waals surface area contributed by atoms with Gasteiger partial charge in [0.05, 0.1) is 11.4 Å². The molecule has 0 fully saturated rings. The zero-order chi connectivity index (χ0) is 13.1. The molecule has 0 saturated carbocycles. The van der Waals surface area contributed by atoms with Crippen molar-refractivity contribution in [2.75, 3.05) is 17.6 Å². The van der Waals surface area contributed by atoms with E-state index < -0.39 is 18.8 Å². The molecule has 0 unspecified atom stereocenters. The number of urea groups is 1. The van der Waals surface area contributed by atoms with E-state index in [0.29, 0.717) is 5.02 Å². The SMILES string of the molecule is Nc1cc(Cl)ccc1NC(=O)NCC(F)(F)F. The lowest BCUT2D eigenvalue weighted by Crippen LogP contribution is -2.36. The summed E-state index contributed by atoms with van der Waals surface area (Å²) >= 11 is 5.62. The molecule has 0 aromatic heterocycles. The third kappa shape index (κ3) is 4.81. The highest BCUT2D eigenvalue weighted by molar-refractivity contribution is 6.31. The molecule has 2 amide bonds. The number of halogens is 4. The van der Waals surface area contributed by atoms with Gasteiger partial charge in [0.1, 0.15) is 6.54 Å². The van der Waals surface area contributed by atoms with Crippen LogP contribution in [-0.4, -0.2) is 18.8 Å². The van der Waals surface area contributed by atoms with Crippen molar-refractivity contribution in [1.29, 1.82) is 0 Å². The Kier molecular flexibility index (Phi) is 4.06. The van der Waals surface area contributed by atoms with Crippen molar-refractivity contribution in [2.45, 2.75) is 6.18 Å². The summed E-state index contributed by atoms with van der Waals surface area (Å²) in [5.41, 5.74) is 5.86. The molecule has 0 bridgehead atoms. The van der Waals surface area contributed by atoms with Crippen LogP contribution in [0.3, 0.4) is 0 Å². The minimum absolute atomic E-state index is 0.166. The second-order valence-electron chi connectivity index (χ2n) is 3.15. The summed E-state index contributed by atoms with van der Waals surface area (Å²) in [5.74, 6) is 0. The van der Waals surface area contributed by atoms with Crippen molar-refractivity contribution < 1.29 is 18.0 Å². The van der Waals surface area contributed by atoms with Gasteiger partial charge in [-0.15, -0.1) is 0 Å². The lowest BCUT2D eigenvalue weighted by Gasteiger charge is -2.11. The van der Waals surface area contributed by atoms with Gasteiger partial charge in [0, 0.05) is 5.02 Å². The Hall–Kier alpha value is -1.63. The zero-order valence-corrected chi connectivity index (χ0v) is 9.19. The van der Waals surface area contributed by atoms with Gasteiger partial charge in [0.2, 0.25) is 0 Å². The number of alkyl halides is 3. The average molecular weight is 268 g/mol. The van der Waals surface area contributed by atoms with Gasteiger partial charge in [-0.05, 0) is 18.2 Å². The molecule has 0 aliphatic rings. The molecular formula is C9H9ClF3N3O. The van der Waals surface area contributed by atoms with E-state index in [1.165, 1.54) is 18.2 Å². The molecule has 0 saturated heterocycles. The van der Waals surface area contributed by atoms with E-state index in [4.69, 9.17) is 17.3 Å². The molecule has 0 spiro atoms. The molecule has 0 heterocycles. The Morgan fingerprint density at radius 1 is 1.41 bits per heavy atom. The normalized spacial score (nSPS) is 11.1. The average Bonchev–Trinajstić information content (AvgIpc) is 2.18. The number of nitrogens with two attached hydrogens (primary N) is 1. The van der Waals surface area contributed by atoms with E-state index in [0.717, 1.165) is 0 Å². The monoisotopic (exact) mass is 267 g/mol. The number of benzene rings is 1. The van der Waals surface area contributed by atoms with Gasteiger partial charge < -0.3 is 16.4 Å². The maximum Gasteiger partial charge on any atom is 0.405 e. The molecule has 0 aliphatic heterocycles. The van der Waals surface area contributed by atoms with E-state index in [2.05, 4.69) is 5.32 Å². The number of hydrogen-bond acceptors (Lipinski definition) is 2. The van der Waals surface area contributed by atoms with Crippen LogP contribution >= 0.6 is 11.6 Å². The maximum absolute atomic E-state index is 11.8. The highest BCUT2D eigenvalue weighted by Crippen LogP contribution is 2.22. The van der Waals surface area contributed by atoms with Crippen molar-refractivity contribution in [3.63, 3.8) is 0 Å².